The third kappa shape index (κ3) is 5.84. The van der Waals surface area contributed by atoms with Crippen molar-refractivity contribution in [1.29, 1.82) is 0 Å². The maximum Gasteiger partial charge on any atom is 0.211 e. The molecule has 2 aliphatic rings. The molecule has 0 spiro atoms. The minimum Gasteiger partial charge on any atom is -0.302 e. The van der Waals surface area contributed by atoms with Gasteiger partial charge in [0.05, 0.1) is 17.3 Å². The lowest BCUT2D eigenvalue weighted by Crippen LogP contribution is -2.40. The van der Waals surface area contributed by atoms with Crippen LogP contribution in [0.1, 0.15) is 26.2 Å². The van der Waals surface area contributed by atoms with Crippen molar-refractivity contribution in [2.75, 3.05) is 43.4 Å². The summed E-state index contributed by atoms with van der Waals surface area (Å²) in [5.74, 6) is 0.589. The lowest BCUT2D eigenvalue weighted by molar-refractivity contribution is 0.195. The first-order valence-corrected chi connectivity index (χ1v) is 11.1. The standard InChI is InChI=1S/C13H26N2O4S2/c1-12-2-6-15(7-3-12)8-5-14-21(18,19)11-13-4-9-20(16,17)10-13/h12-14H,2-11H2,1H3/t13-/m1/s1. The molecule has 2 fully saturated rings. The molecule has 2 heterocycles. The highest BCUT2D eigenvalue weighted by atomic mass is 32.2. The summed E-state index contributed by atoms with van der Waals surface area (Å²) in [4.78, 5) is 2.28. The van der Waals surface area contributed by atoms with Crippen LogP contribution in [0.3, 0.4) is 0 Å². The molecule has 6 nitrogen and oxygen atoms in total. The van der Waals surface area contributed by atoms with Crippen LogP contribution < -0.4 is 4.72 Å². The van der Waals surface area contributed by atoms with Crippen LogP contribution in [0.5, 0.6) is 0 Å². The fourth-order valence-electron chi connectivity index (χ4n) is 3.02. The highest BCUT2D eigenvalue weighted by molar-refractivity contribution is 7.92. The number of hydrogen-bond acceptors (Lipinski definition) is 5. The van der Waals surface area contributed by atoms with Crippen molar-refractivity contribution in [2.24, 2.45) is 11.8 Å². The number of nitrogens with zero attached hydrogens (tertiary/aromatic N) is 1. The van der Waals surface area contributed by atoms with Gasteiger partial charge in [-0.15, -0.1) is 0 Å². The first-order chi connectivity index (χ1) is 9.76. The third-order valence-electron chi connectivity index (χ3n) is 4.41. The Balaban J connectivity index is 1.69. The number of sulfonamides is 1. The molecule has 8 heteroatoms. The Bertz CT molecular complexity index is 537. The summed E-state index contributed by atoms with van der Waals surface area (Å²) in [6.07, 6.45) is 2.81. The van der Waals surface area contributed by atoms with Crippen molar-refractivity contribution in [3.63, 3.8) is 0 Å². The lowest BCUT2D eigenvalue weighted by atomic mass is 9.99. The first-order valence-electron chi connectivity index (χ1n) is 7.66. The fraction of sp³-hybridized carbons (Fsp3) is 1.00. The molecule has 124 valence electrons. The zero-order valence-corrected chi connectivity index (χ0v) is 14.3. The molecular weight excluding hydrogens is 312 g/mol. The molecule has 0 aromatic carbocycles. The number of likely N-dealkylation sites (tertiary alicyclic amines) is 1. The van der Waals surface area contributed by atoms with Gasteiger partial charge >= 0.3 is 0 Å². The van der Waals surface area contributed by atoms with E-state index in [1.54, 1.807) is 0 Å². The minimum atomic E-state index is -3.37. The fourth-order valence-corrected chi connectivity index (χ4v) is 6.45. The van der Waals surface area contributed by atoms with Crippen LogP contribution in [0.25, 0.3) is 0 Å². The van der Waals surface area contributed by atoms with Crippen molar-refractivity contribution < 1.29 is 16.8 Å². The van der Waals surface area contributed by atoms with E-state index in [1.807, 2.05) is 0 Å². The first kappa shape index (κ1) is 17.2. The molecule has 0 aromatic heterocycles. The summed E-state index contributed by atoms with van der Waals surface area (Å²) in [7, 11) is -6.38. The van der Waals surface area contributed by atoms with Gasteiger partial charge in [-0.25, -0.2) is 21.6 Å². The van der Waals surface area contributed by atoms with E-state index in [2.05, 4.69) is 16.5 Å². The second-order valence-electron chi connectivity index (χ2n) is 6.47. The molecule has 1 atom stereocenters. The third-order valence-corrected chi connectivity index (χ3v) is 7.80. The normalized spacial score (nSPS) is 28.0. The van der Waals surface area contributed by atoms with Gasteiger partial charge in [0.15, 0.2) is 9.84 Å². The molecule has 0 saturated carbocycles. The maximum atomic E-state index is 12.0. The molecule has 0 aromatic rings. The van der Waals surface area contributed by atoms with Gasteiger partial charge in [-0.05, 0) is 44.2 Å². The zero-order chi connectivity index (χ0) is 15.5. The Hall–Kier alpha value is -0.180. The summed E-state index contributed by atoms with van der Waals surface area (Å²) < 4.78 is 49.2. The van der Waals surface area contributed by atoms with Gasteiger partial charge in [-0.2, -0.15) is 0 Å². The number of nitrogens with one attached hydrogen (secondary N) is 1. The molecule has 0 aliphatic carbocycles. The van der Waals surface area contributed by atoms with Crippen LogP contribution in [0.4, 0.5) is 0 Å². The minimum absolute atomic E-state index is 0.0118. The van der Waals surface area contributed by atoms with Crippen molar-refractivity contribution in [2.45, 2.75) is 26.2 Å². The van der Waals surface area contributed by atoms with Gasteiger partial charge in [-0.1, -0.05) is 6.92 Å². The molecule has 0 amide bonds. The average Bonchev–Trinajstić information content (AvgIpc) is 2.70. The van der Waals surface area contributed by atoms with Crippen LogP contribution in [-0.4, -0.2) is 65.2 Å². The Kier molecular flexibility index (Phi) is 5.67. The highest BCUT2D eigenvalue weighted by Gasteiger charge is 2.31. The number of piperidine rings is 1. The summed E-state index contributed by atoms with van der Waals surface area (Å²) >= 11 is 0. The van der Waals surface area contributed by atoms with Crippen molar-refractivity contribution in [1.82, 2.24) is 9.62 Å². The molecule has 2 rings (SSSR count). The number of sulfone groups is 1. The zero-order valence-electron chi connectivity index (χ0n) is 12.6. The van der Waals surface area contributed by atoms with E-state index < -0.39 is 19.9 Å². The summed E-state index contributed by atoms with van der Waals surface area (Å²) in [6.45, 7) is 5.45. The maximum absolute atomic E-state index is 12.0. The predicted molar refractivity (Wildman–Crippen MR) is 83.4 cm³/mol. The van der Waals surface area contributed by atoms with E-state index in [0.29, 0.717) is 13.0 Å². The van der Waals surface area contributed by atoms with E-state index >= 15 is 0 Å². The van der Waals surface area contributed by atoms with E-state index in [4.69, 9.17) is 0 Å². The Morgan fingerprint density at radius 2 is 1.86 bits per heavy atom. The molecular formula is C13H26N2O4S2. The Morgan fingerprint density at radius 1 is 1.19 bits per heavy atom. The van der Waals surface area contributed by atoms with Crippen molar-refractivity contribution in [3.8, 4) is 0 Å². The molecule has 2 aliphatic heterocycles. The number of rotatable bonds is 6. The van der Waals surface area contributed by atoms with Crippen LogP contribution in [-0.2, 0) is 19.9 Å². The number of hydrogen-bond donors (Lipinski definition) is 1. The smallest absolute Gasteiger partial charge is 0.211 e. The lowest BCUT2D eigenvalue weighted by Gasteiger charge is -2.30. The summed E-state index contributed by atoms with van der Waals surface area (Å²) in [5.41, 5.74) is 0. The van der Waals surface area contributed by atoms with Crippen LogP contribution in [0.2, 0.25) is 0 Å². The predicted octanol–water partition coefficient (Wildman–Crippen LogP) is 0.0724. The van der Waals surface area contributed by atoms with Crippen LogP contribution in [0.15, 0.2) is 0 Å². The van der Waals surface area contributed by atoms with Crippen LogP contribution >= 0.6 is 0 Å². The molecule has 0 unspecified atom stereocenters. The summed E-state index contributed by atoms with van der Waals surface area (Å²) in [5, 5.41) is 0. The monoisotopic (exact) mass is 338 g/mol. The quantitative estimate of drug-likeness (QED) is 0.741. The SMILES string of the molecule is CC1CCN(CCNS(=O)(=O)C[C@@H]2CCS(=O)(=O)C2)CC1. The van der Waals surface area contributed by atoms with Gasteiger partial charge in [0.25, 0.3) is 0 Å². The molecule has 0 bridgehead atoms. The molecule has 0 radical (unpaired) electrons. The van der Waals surface area contributed by atoms with Crippen molar-refractivity contribution in [3.05, 3.63) is 0 Å². The van der Waals surface area contributed by atoms with Gasteiger partial charge in [0, 0.05) is 13.1 Å². The van der Waals surface area contributed by atoms with Gasteiger partial charge in [-0.3, -0.25) is 0 Å². The van der Waals surface area contributed by atoms with E-state index in [0.717, 1.165) is 25.6 Å². The van der Waals surface area contributed by atoms with Gasteiger partial charge < -0.3 is 4.90 Å². The average molecular weight is 338 g/mol. The molecule has 21 heavy (non-hydrogen) atoms. The van der Waals surface area contributed by atoms with Crippen LogP contribution in [0, 0.1) is 11.8 Å². The second kappa shape index (κ2) is 6.93. The van der Waals surface area contributed by atoms with E-state index in [9.17, 15) is 16.8 Å². The van der Waals surface area contributed by atoms with Gasteiger partial charge in [0.1, 0.15) is 0 Å². The van der Waals surface area contributed by atoms with E-state index in [1.165, 1.54) is 12.8 Å². The van der Waals surface area contributed by atoms with E-state index in [-0.39, 0.29) is 23.2 Å². The highest BCUT2D eigenvalue weighted by Crippen LogP contribution is 2.19. The topological polar surface area (TPSA) is 83.6 Å². The Morgan fingerprint density at radius 3 is 2.43 bits per heavy atom. The summed E-state index contributed by atoms with van der Waals surface area (Å²) in [6, 6.07) is 0. The Labute approximate surface area is 128 Å². The molecule has 1 N–H and O–H groups in total. The second-order valence-corrected chi connectivity index (χ2v) is 10.5. The largest absolute Gasteiger partial charge is 0.302 e. The molecule has 2 saturated heterocycles. The van der Waals surface area contributed by atoms with Crippen molar-refractivity contribution >= 4 is 19.9 Å². The van der Waals surface area contributed by atoms with Gasteiger partial charge in [0.2, 0.25) is 10.0 Å².